The van der Waals surface area contributed by atoms with E-state index < -0.39 is 0 Å². The summed E-state index contributed by atoms with van der Waals surface area (Å²) in [5.74, 6) is 2.31. The number of hydrogen-bond donors (Lipinski definition) is 1. The molecule has 0 fully saturated rings. The van der Waals surface area contributed by atoms with Crippen molar-refractivity contribution in [1.82, 2.24) is 15.5 Å². The Morgan fingerprint density at radius 1 is 1.35 bits per heavy atom. The van der Waals surface area contributed by atoms with Crippen molar-refractivity contribution in [2.75, 3.05) is 14.2 Å². The van der Waals surface area contributed by atoms with Crippen LogP contribution in [0.1, 0.15) is 24.2 Å². The number of methoxy groups -OCH3 is 1. The van der Waals surface area contributed by atoms with E-state index in [-0.39, 0.29) is 0 Å². The summed E-state index contributed by atoms with van der Waals surface area (Å²) in [6, 6.07) is 8.37. The molecule has 0 amide bonds. The number of likely N-dealkylation sites (N-methyl/N-ethyl adjacent to an activating group) is 1. The number of hydrogen-bond acceptors (Lipinski definition) is 5. The van der Waals surface area contributed by atoms with E-state index in [0.29, 0.717) is 11.9 Å². The molecule has 0 aliphatic carbocycles. The summed E-state index contributed by atoms with van der Waals surface area (Å²) in [4.78, 5) is 4.41. The second kappa shape index (κ2) is 7.05. The molecule has 0 aliphatic rings. The minimum absolute atomic E-state index is 0.346. The molecule has 20 heavy (non-hydrogen) atoms. The monoisotopic (exact) mass is 275 g/mol. The first-order chi connectivity index (χ1) is 9.71. The zero-order valence-electron chi connectivity index (χ0n) is 12.2. The van der Waals surface area contributed by atoms with Crippen molar-refractivity contribution in [1.29, 1.82) is 0 Å². The first-order valence-corrected chi connectivity index (χ1v) is 6.83. The fourth-order valence-electron chi connectivity index (χ4n) is 1.93. The molecular weight excluding hydrogens is 254 g/mol. The van der Waals surface area contributed by atoms with Gasteiger partial charge < -0.3 is 14.6 Å². The zero-order chi connectivity index (χ0) is 14.4. The normalized spacial score (nSPS) is 12.3. The molecule has 0 aliphatic heterocycles. The van der Waals surface area contributed by atoms with Gasteiger partial charge >= 0.3 is 0 Å². The van der Waals surface area contributed by atoms with Gasteiger partial charge in [0.05, 0.1) is 7.11 Å². The molecule has 5 heteroatoms. The van der Waals surface area contributed by atoms with Crippen molar-refractivity contribution in [3.05, 3.63) is 41.5 Å². The van der Waals surface area contributed by atoms with E-state index in [2.05, 4.69) is 28.4 Å². The van der Waals surface area contributed by atoms with Gasteiger partial charge in [-0.2, -0.15) is 4.98 Å². The van der Waals surface area contributed by atoms with Gasteiger partial charge in [-0.3, -0.25) is 0 Å². The maximum absolute atomic E-state index is 5.27. The number of ether oxygens (including phenoxy) is 1. The average molecular weight is 275 g/mol. The van der Waals surface area contributed by atoms with E-state index in [4.69, 9.17) is 9.26 Å². The largest absolute Gasteiger partial charge is 0.497 e. The van der Waals surface area contributed by atoms with E-state index in [0.717, 1.165) is 30.8 Å². The Kier molecular flexibility index (Phi) is 5.12. The highest BCUT2D eigenvalue weighted by Gasteiger charge is 2.09. The molecule has 1 N–H and O–H groups in total. The topological polar surface area (TPSA) is 60.2 Å². The Bertz CT molecular complexity index is 539. The van der Waals surface area contributed by atoms with Crippen molar-refractivity contribution in [3.8, 4) is 5.75 Å². The Hall–Kier alpha value is -1.88. The highest BCUT2D eigenvalue weighted by atomic mass is 16.5. The van der Waals surface area contributed by atoms with Gasteiger partial charge in [0.1, 0.15) is 5.75 Å². The van der Waals surface area contributed by atoms with E-state index in [9.17, 15) is 0 Å². The summed E-state index contributed by atoms with van der Waals surface area (Å²) < 4.78 is 10.5. The van der Waals surface area contributed by atoms with E-state index in [1.807, 2.05) is 25.2 Å². The Balaban J connectivity index is 1.90. The molecule has 1 aromatic heterocycles. The molecule has 0 spiro atoms. The average Bonchev–Trinajstić information content (AvgIpc) is 2.92. The molecule has 108 valence electrons. The lowest BCUT2D eigenvalue weighted by atomic mass is 10.1. The van der Waals surface area contributed by atoms with Gasteiger partial charge in [-0.1, -0.05) is 17.3 Å². The quantitative estimate of drug-likeness (QED) is 0.837. The second-order valence-electron chi connectivity index (χ2n) is 4.85. The van der Waals surface area contributed by atoms with Crippen molar-refractivity contribution < 1.29 is 9.26 Å². The lowest BCUT2D eigenvalue weighted by Crippen LogP contribution is -2.24. The number of nitrogens with one attached hydrogen (secondary N) is 1. The van der Waals surface area contributed by atoms with Crippen LogP contribution in [0, 0.1) is 0 Å². The van der Waals surface area contributed by atoms with Crippen molar-refractivity contribution in [2.45, 2.75) is 32.2 Å². The van der Waals surface area contributed by atoms with Crippen LogP contribution in [-0.4, -0.2) is 30.3 Å². The zero-order valence-corrected chi connectivity index (χ0v) is 12.2. The van der Waals surface area contributed by atoms with Crippen LogP contribution < -0.4 is 10.1 Å². The highest BCUT2D eigenvalue weighted by molar-refractivity contribution is 5.28. The van der Waals surface area contributed by atoms with E-state index in [1.54, 1.807) is 7.11 Å². The second-order valence-corrected chi connectivity index (χ2v) is 4.85. The van der Waals surface area contributed by atoms with Gasteiger partial charge in [0, 0.05) is 18.9 Å². The highest BCUT2D eigenvalue weighted by Crippen LogP contribution is 2.14. The first-order valence-electron chi connectivity index (χ1n) is 6.83. The number of benzene rings is 1. The van der Waals surface area contributed by atoms with Crippen LogP contribution in [-0.2, 0) is 19.3 Å². The molecule has 1 heterocycles. The molecule has 0 saturated carbocycles. The van der Waals surface area contributed by atoms with E-state index in [1.165, 1.54) is 5.56 Å². The summed E-state index contributed by atoms with van der Waals surface area (Å²) in [7, 11) is 3.60. The van der Waals surface area contributed by atoms with Crippen LogP contribution in [0.4, 0.5) is 0 Å². The SMILES string of the molecule is CNC(C)Cc1noc(CCc2cccc(OC)c2)n1. The summed E-state index contributed by atoms with van der Waals surface area (Å²) in [5, 5.41) is 7.16. The van der Waals surface area contributed by atoms with Crippen LogP contribution >= 0.6 is 0 Å². The summed E-state index contributed by atoms with van der Waals surface area (Å²) in [6.07, 6.45) is 2.38. The molecule has 2 aromatic rings. The van der Waals surface area contributed by atoms with Crippen LogP contribution in [0.15, 0.2) is 28.8 Å². The standard InChI is InChI=1S/C15H21N3O2/c1-11(16-2)9-14-17-15(20-18-14)8-7-12-5-4-6-13(10-12)19-3/h4-6,10-11,16H,7-9H2,1-3H3. The van der Waals surface area contributed by atoms with Crippen LogP contribution in [0.2, 0.25) is 0 Å². The van der Waals surface area contributed by atoms with Gasteiger partial charge in [-0.15, -0.1) is 0 Å². The van der Waals surface area contributed by atoms with Crippen molar-refractivity contribution >= 4 is 0 Å². The third-order valence-corrected chi connectivity index (χ3v) is 3.25. The summed E-state index contributed by atoms with van der Waals surface area (Å²) in [5.41, 5.74) is 1.20. The van der Waals surface area contributed by atoms with Gasteiger partial charge in [0.25, 0.3) is 0 Å². The fourth-order valence-corrected chi connectivity index (χ4v) is 1.93. The minimum Gasteiger partial charge on any atom is -0.497 e. The Morgan fingerprint density at radius 2 is 2.20 bits per heavy atom. The third kappa shape index (κ3) is 4.06. The maximum atomic E-state index is 5.27. The molecule has 5 nitrogen and oxygen atoms in total. The Labute approximate surface area is 119 Å². The summed E-state index contributed by atoms with van der Waals surface area (Å²) >= 11 is 0. The fraction of sp³-hybridized carbons (Fsp3) is 0.467. The Morgan fingerprint density at radius 3 is 2.95 bits per heavy atom. The van der Waals surface area contributed by atoms with Gasteiger partial charge in [-0.25, -0.2) is 0 Å². The lowest BCUT2D eigenvalue weighted by Gasteiger charge is -2.04. The van der Waals surface area contributed by atoms with Crippen LogP contribution in [0.3, 0.4) is 0 Å². The van der Waals surface area contributed by atoms with Gasteiger partial charge in [0.2, 0.25) is 5.89 Å². The van der Waals surface area contributed by atoms with Crippen LogP contribution in [0.5, 0.6) is 5.75 Å². The molecule has 2 rings (SSSR count). The number of nitrogens with zero attached hydrogens (tertiary/aromatic N) is 2. The maximum Gasteiger partial charge on any atom is 0.226 e. The molecule has 0 bridgehead atoms. The molecule has 1 unspecified atom stereocenters. The van der Waals surface area contributed by atoms with Gasteiger partial charge in [-0.05, 0) is 38.1 Å². The van der Waals surface area contributed by atoms with Crippen molar-refractivity contribution in [2.24, 2.45) is 0 Å². The van der Waals surface area contributed by atoms with Crippen molar-refractivity contribution in [3.63, 3.8) is 0 Å². The first kappa shape index (κ1) is 14.5. The molecule has 0 saturated heterocycles. The predicted molar refractivity (Wildman–Crippen MR) is 76.9 cm³/mol. The van der Waals surface area contributed by atoms with E-state index >= 15 is 0 Å². The lowest BCUT2D eigenvalue weighted by molar-refractivity contribution is 0.371. The molecular formula is C15H21N3O2. The molecule has 0 radical (unpaired) electrons. The molecule has 1 aromatic carbocycles. The van der Waals surface area contributed by atoms with Gasteiger partial charge in [0.15, 0.2) is 5.82 Å². The summed E-state index contributed by atoms with van der Waals surface area (Å²) in [6.45, 7) is 2.09. The third-order valence-electron chi connectivity index (χ3n) is 3.25. The predicted octanol–water partition coefficient (Wildman–Crippen LogP) is 2.01. The molecule has 1 atom stereocenters. The minimum atomic E-state index is 0.346. The number of aromatic nitrogens is 2. The van der Waals surface area contributed by atoms with Crippen LogP contribution in [0.25, 0.3) is 0 Å². The number of rotatable bonds is 7. The smallest absolute Gasteiger partial charge is 0.226 e. The number of aryl methyl sites for hydroxylation is 2.